The fraction of sp³-hybridized carbons (Fsp3) is 0.632. The Morgan fingerprint density at radius 1 is 1.39 bits per heavy atom. The van der Waals surface area contributed by atoms with Crippen molar-refractivity contribution >= 4 is 5.91 Å². The van der Waals surface area contributed by atoms with Gasteiger partial charge in [-0.1, -0.05) is 31.2 Å². The van der Waals surface area contributed by atoms with Gasteiger partial charge in [-0.05, 0) is 49.1 Å². The van der Waals surface area contributed by atoms with Crippen LogP contribution in [0.2, 0.25) is 0 Å². The third kappa shape index (κ3) is 3.59. The second-order valence-corrected chi connectivity index (χ2v) is 7.00. The number of rotatable bonds is 4. The third-order valence-corrected chi connectivity index (χ3v) is 5.50. The Labute approximate surface area is 138 Å². The van der Waals surface area contributed by atoms with E-state index >= 15 is 0 Å². The van der Waals surface area contributed by atoms with Crippen molar-refractivity contribution in [2.45, 2.75) is 44.6 Å². The minimum atomic E-state index is -0.931. The van der Waals surface area contributed by atoms with Crippen LogP contribution >= 0.6 is 0 Å². The van der Waals surface area contributed by atoms with Crippen molar-refractivity contribution in [2.24, 2.45) is 11.8 Å². The van der Waals surface area contributed by atoms with Crippen LogP contribution in [0.3, 0.4) is 0 Å². The highest BCUT2D eigenvalue weighted by Crippen LogP contribution is 2.35. The average molecular weight is 317 g/mol. The Balaban J connectivity index is 1.62. The maximum atomic E-state index is 12.5. The summed E-state index contributed by atoms with van der Waals surface area (Å²) >= 11 is 0. The first-order chi connectivity index (χ1) is 11.1. The van der Waals surface area contributed by atoms with E-state index in [-0.39, 0.29) is 11.8 Å². The summed E-state index contributed by atoms with van der Waals surface area (Å²) < 4.78 is 5.37. The molecule has 23 heavy (non-hydrogen) atoms. The van der Waals surface area contributed by atoms with E-state index in [9.17, 15) is 9.90 Å². The molecule has 2 aliphatic rings. The molecular formula is C19H27NO3. The summed E-state index contributed by atoms with van der Waals surface area (Å²) in [5, 5.41) is 14.0. The van der Waals surface area contributed by atoms with Gasteiger partial charge < -0.3 is 15.2 Å². The van der Waals surface area contributed by atoms with Gasteiger partial charge in [0.05, 0.1) is 6.54 Å². The Morgan fingerprint density at radius 3 is 2.91 bits per heavy atom. The molecule has 126 valence electrons. The first-order valence-corrected chi connectivity index (χ1v) is 8.76. The predicted molar refractivity (Wildman–Crippen MR) is 89.0 cm³/mol. The van der Waals surface area contributed by atoms with E-state index in [1.54, 1.807) is 0 Å². The van der Waals surface area contributed by atoms with Gasteiger partial charge in [-0.15, -0.1) is 0 Å². The van der Waals surface area contributed by atoms with E-state index in [0.29, 0.717) is 18.9 Å². The number of hydrogen-bond donors (Lipinski definition) is 2. The van der Waals surface area contributed by atoms with Gasteiger partial charge in [-0.2, -0.15) is 0 Å². The van der Waals surface area contributed by atoms with Crippen LogP contribution in [0, 0.1) is 11.8 Å². The smallest absolute Gasteiger partial charge is 0.223 e. The topological polar surface area (TPSA) is 58.6 Å². The van der Waals surface area contributed by atoms with Gasteiger partial charge in [0.25, 0.3) is 0 Å². The lowest BCUT2D eigenvalue weighted by Crippen LogP contribution is -2.45. The van der Waals surface area contributed by atoms with Crippen LogP contribution in [0.1, 0.15) is 43.7 Å². The molecule has 4 heteroatoms. The summed E-state index contributed by atoms with van der Waals surface area (Å²) in [6.07, 6.45) is 4.56. The molecule has 0 aromatic heterocycles. The number of aliphatic hydroxyl groups is 1. The minimum absolute atomic E-state index is 0.0265. The summed E-state index contributed by atoms with van der Waals surface area (Å²) in [5.41, 5.74) is 1.25. The fourth-order valence-corrected chi connectivity index (χ4v) is 3.91. The lowest BCUT2D eigenvalue weighted by Gasteiger charge is -2.35. The van der Waals surface area contributed by atoms with Crippen molar-refractivity contribution in [1.29, 1.82) is 0 Å². The van der Waals surface area contributed by atoms with Gasteiger partial charge in [0, 0.05) is 19.1 Å². The number of carbonyl (C=O) groups excluding carboxylic acids is 1. The van der Waals surface area contributed by atoms with E-state index < -0.39 is 5.60 Å². The first-order valence-electron chi connectivity index (χ1n) is 8.76. The molecule has 1 fully saturated rings. The zero-order valence-corrected chi connectivity index (χ0v) is 13.9. The molecule has 2 atom stereocenters. The number of fused-ring (bicyclic) bond motifs is 1. The largest absolute Gasteiger partial charge is 0.383 e. The molecule has 0 saturated carbocycles. The molecule has 0 radical (unpaired) electrons. The fourth-order valence-electron chi connectivity index (χ4n) is 3.91. The van der Waals surface area contributed by atoms with Crippen LogP contribution in [0.15, 0.2) is 24.3 Å². The number of ether oxygens (including phenoxy) is 1. The maximum absolute atomic E-state index is 12.5. The van der Waals surface area contributed by atoms with Crippen LogP contribution in [0.4, 0.5) is 0 Å². The number of amides is 1. The van der Waals surface area contributed by atoms with Crippen molar-refractivity contribution in [3.05, 3.63) is 35.4 Å². The molecule has 3 rings (SSSR count). The molecule has 1 saturated heterocycles. The zero-order valence-electron chi connectivity index (χ0n) is 13.9. The predicted octanol–water partition coefficient (Wildman–Crippen LogP) is 2.39. The number of hydrogen-bond acceptors (Lipinski definition) is 3. The second kappa shape index (κ2) is 7.02. The van der Waals surface area contributed by atoms with Gasteiger partial charge in [0.15, 0.2) is 0 Å². The van der Waals surface area contributed by atoms with Crippen LogP contribution in [-0.2, 0) is 21.6 Å². The molecule has 1 aliphatic carbocycles. The number of aryl methyl sites for hydroxylation is 1. The Kier molecular flexibility index (Phi) is 5.02. The normalized spacial score (nSPS) is 26.3. The van der Waals surface area contributed by atoms with E-state index in [1.165, 1.54) is 5.56 Å². The van der Waals surface area contributed by atoms with Gasteiger partial charge in [0.2, 0.25) is 5.91 Å². The standard InChI is InChI=1S/C19H27NO3/c1-14(15-8-11-23-12-9-15)18(21)20-13-19(22)10-4-6-16-5-2-3-7-17(16)19/h2-3,5,7,14-15,22H,4,6,8-13H2,1H3,(H,20,21). The molecule has 2 unspecified atom stereocenters. The quantitative estimate of drug-likeness (QED) is 0.896. The lowest BCUT2D eigenvalue weighted by atomic mass is 9.79. The van der Waals surface area contributed by atoms with Gasteiger partial charge >= 0.3 is 0 Å². The third-order valence-electron chi connectivity index (χ3n) is 5.50. The first kappa shape index (κ1) is 16.5. The molecule has 1 aromatic rings. The highest BCUT2D eigenvalue weighted by molar-refractivity contribution is 5.78. The summed E-state index contributed by atoms with van der Waals surface area (Å²) in [7, 11) is 0. The van der Waals surface area contributed by atoms with Crippen molar-refractivity contribution < 1.29 is 14.6 Å². The minimum Gasteiger partial charge on any atom is -0.383 e. The zero-order chi connectivity index (χ0) is 16.3. The van der Waals surface area contributed by atoms with Crippen LogP contribution in [0.25, 0.3) is 0 Å². The highest BCUT2D eigenvalue weighted by Gasteiger charge is 2.35. The summed E-state index contributed by atoms with van der Waals surface area (Å²) in [6.45, 7) is 3.79. The summed E-state index contributed by atoms with van der Waals surface area (Å²) in [5.74, 6) is 0.409. The molecule has 0 bridgehead atoms. The monoisotopic (exact) mass is 317 g/mol. The molecule has 2 N–H and O–H groups in total. The van der Waals surface area contributed by atoms with Gasteiger partial charge in [-0.25, -0.2) is 0 Å². The Bertz CT molecular complexity index is 553. The number of benzene rings is 1. The van der Waals surface area contributed by atoms with Crippen molar-refractivity contribution in [2.75, 3.05) is 19.8 Å². The SMILES string of the molecule is CC(C(=O)NCC1(O)CCCc2ccccc21)C1CCOCC1. The molecule has 1 amide bonds. The Morgan fingerprint density at radius 2 is 2.13 bits per heavy atom. The Hall–Kier alpha value is -1.39. The van der Waals surface area contributed by atoms with E-state index in [0.717, 1.165) is 44.5 Å². The maximum Gasteiger partial charge on any atom is 0.223 e. The molecule has 1 aromatic carbocycles. The second-order valence-electron chi connectivity index (χ2n) is 7.00. The molecule has 1 aliphatic heterocycles. The van der Waals surface area contributed by atoms with Crippen molar-refractivity contribution in [3.63, 3.8) is 0 Å². The van der Waals surface area contributed by atoms with Crippen molar-refractivity contribution in [3.8, 4) is 0 Å². The van der Waals surface area contributed by atoms with E-state index in [1.807, 2.05) is 25.1 Å². The van der Waals surface area contributed by atoms with Crippen LogP contribution in [0.5, 0.6) is 0 Å². The van der Waals surface area contributed by atoms with E-state index in [2.05, 4.69) is 11.4 Å². The van der Waals surface area contributed by atoms with Crippen molar-refractivity contribution in [1.82, 2.24) is 5.32 Å². The van der Waals surface area contributed by atoms with E-state index in [4.69, 9.17) is 4.74 Å². The van der Waals surface area contributed by atoms with Gasteiger partial charge in [0.1, 0.15) is 5.60 Å². The van der Waals surface area contributed by atoms with Crippen LogP contribution < -0.4 is 5.32 Å². The highest BCUT2D eigenvalue weighted by atomic mass is 16.5. The summed E-state index contributed by atoms with van der Waals surface area (Å²) in [4.78, 5) is 12.5. The number of nitrogens with one attached hydrogen (secondary N) is 1. The average Bonchev–Trinajstić information content (AvgIpc) is 2.60. The van der Waals surface area contributed by atoms with Crippen LogP contribution in [-0.4, -0.2) is 30.8 Å². The lowest BCUT2D eigenvalue weighted by molar-refractivity contribution is -0.128. The van der Waals surface area contributed by atoms with Gasteiger partial charge in [-0.3, -0.25) is 4.79 Å². The molecule has 1 heterocycles. The number of carbonyl (C=O) groups is 1. The molecule has 4 nitrogen and oxygen atoms in total. The molecule has 0 spiro atoms. The molecular weight excluding hydrogens is 290 g/mol. The summed E-state index contributed by atoms with van der Waals surface area (Å²) in [6, 6.07) is 8.03.